The van der Waals surface area contributed by atoms with E-state index < -0.39 is 76.0 Å². The van der Waals surface area contributed by atoms with E-state index in [0.717, 1.165) is 19.3 Å². The molecule has 0 heterocycles. The van der Waals surface area contributed by atoms with Gasteiger partial charge in [0, 0.05) is 6.42 Å². The highest BCUT2D eigenvalue weighted by molar-refractivity contribution is 7.87. The van der Waals surface area contributed by atoms with Crippen molar-refractivity contribution >= 4 is 45.9 Å². The first-order valence-electron chi connectivity index (χ1n) is 11.8. The summed E-state index contributed by atoms with van der Waals surface area (Å²) in [6.45, 7) is 2.16. The predicted octanol–water partition coefficient (Wildman–Crippen LogP) is 1.46. The molecule has 0 rings (SSSR count). The van der Waals surface area contributed by atoms with Gasteiger partial charge in [0.1, 0.15) is 0 Å². The van der Waals surface area contributed by atoms with Crippen molar-refractivity contribution in [2.45, 2.75) is 101 Å². The van der Waals surface area contributed by atoms with E-state index in [2.05, 4.69) is 11.7 Å². The van der Waals surface area contributed by atoms with Crippen molar-refractivity contribution in [3.63, 3.8) is 0 Å². The van der Waals surface area contributed by atoms with Crippen LogP contribution in [-0.4, -0.2) is 85.2 Å². The maximum Gasteiger partial charge on any atom is 0.336 e. The van der Waals surface area contributed by atoms with Gasteiger partial charge in [-0.15, -0.1) is 0 Å². The fourth-order valence-electron chi connectivity index (χ4n) is 2.98. The third kappa shape index (κ3) is 19.1. The van der Waals surface area contributed by atoms with Crippen LogP contribution in [0.25, 0.3) is 0 Å². The molecule has 38 heavy (non-hydrogen) atoms. The summed E-state index contributed by atoms with van der Waals surface area (Å²) in [5, 5.41) is 41.1. The first-order chi connectivity index (χ1) is 17.5. The van der Waals surface area contributed by atoms with Gasteiger partial charge in [-0.05, 0) is 6.42 Å². The highest BCUT2D eigenvalue weighted by Crippen LogP contribution is 2.17. The average Bonchev–Trinajstić information content (AvgIpc) is 2.74. The minimum Gasteiger partial charge on any atom is -0.481 e. The van der Waals surface area contributed by atoms with Crippen LogP contribution in [0.3, 0.4) is 0 Å². The molecular weight excluding hydrogens is 536 g/mol. The number of rotatable bonds is 19. The predicted molar refractivity (Wildman–Crippen MR) is 128 cm³/mol. The lowest BCUT2D eigenvalue weighted by atomic mass is 9.96. The van der Waals surface area contributed by atoms with Crippen molar-refractivity contribution < 1.29 is 72.0 Å². The Balaban J connectivity index is 0. The maximum absolute atomic E-state index is 11.6. The lowest BCUT2D eigenvalue weighted by molar-refractivity contribution is -0.174. The number of carbonyl (C=O) groups is 6. The fourth-order valence-corrected chi connectivity index (χ4v) is 3.58. The molecule has 0 fully saturated rings. The number of unbranched alkanes of at least 4 members (excludes halogenated alkanes) is 8. The molecule has 0 radical (unpaired) electrons. The summed E-state index contributed by atoms with van der Waals surface area (Å²) in [6.07, 6.45) is 6.16. The van der Waals surface area contributed by atoms with Gasteiger partial charge in [-0.3, -0.25) is 28.5 Å². The van der Waals surface area contributed by atoms with Gasteiger partial charge in [-0.2, -0.15) is 8.42 Å². The van der Waals surface area contributed by atoms with Crippen LogP contribution >= 0.6 is 0 Å². The number of carboxylic acid groups (broad SMARTS) is 4. The quantitative estimate of drug-likeness (QED) is 0.0553. The monoisotopic (exact) mass is 572 g/mol. The Kier molecular flexibility index (Phi) is 18.6. The van der Waals surface area contributed by atoms with Crippen LogP contribution < -0.4 is 0 Å². The lowest BCUT2D eigenvalue weighted by Crippen LogP contribution is -2.43. The van der Waals surface area contributed by atoms with E-state index in [4.69, 9.17) is 25.0 Å². The molecule has 6 N–H and O–H groups in total. The van der Waals surface area contributed by atoms with Crippen molar-refractivity contribution in [1.29, 1.82) is 0 Å². The highest BCUT2D eigenvalue weighted by Gasteiger charge is 2.41. The van der Waals surface area contributed by atoms with Crippen LogP contribution in [0.2, 0.25) is 0 Å². The summed E-state index contributed by atoms with van der Waals surface area (Å²) in [7, 11) is -4.84. The Morgan fingerprint density at radius 1 is 0.737 bits per heavy atom. The van der Waals surface area contributed by atoms with Gasteiger partial charge in [0.2, 0.25) is 0 Å². The zero-order valence-corrected chi connectivity index (χ0v) is 21.9. The Labute approximate surface area is 219 Å². The lowest BCUT2D eigenvalue weighted by Gasteiger charge is -2.19. The molecule has 0 aromatic heterocycles. The normalized spacial score (nSPS) is 13.2. The van der Waals surface area contributed by atoms with E-state index in [1.165, 1.54) is 32.1 Å². The van der Waals surface area contributed by atoms with Crippen LogP contribution in [0.1, 0.15) is 90.4 Å². The summed E-state index contributed by atoms with van der Waals surface area (Å²) in [6, 6.07) is 0. The number of carbonyl (C=O) groups excluding carboxylic acids is 2. The third-order valence-corrected chi connectivity index (χ3v) is 6.07. The summed E-state index contributed by atoms with van der Waals surface area (Å²) < 4.78 is 33.1. The minimum absolute atomic E-state index is 0.0198. The van der Waals surface area contributed by atoms with E-state index in [1.807, 2.05) is 0 Å². The van der Waals surface area contributed by atoms with Gasteiger partial charge in [-0.25, -0.2) is 4.79 Å². The third-order valence-electron chi connectivity index (χ3n) is 4.99. The van der Waals surface area contributed by atoms with Crippen molar-refractivity contribution in [2.24, 2.45) is 0 Å². The Morgan fingerprint density at radius 3 is 1.55 bits per heavy atom. The molecule has 16 heteroatoms. The molecule has 220 valence electrons. The second kappa shape index (κ2) is 19.0. The molecule has 2 unspecified atom stereocenters. The number of carboxylic acids is 4. The van der Waals surface area contributed by atoms with Gasteiger partial charge in [0.25, 0.3) is 10.1 Å². The first-order valence-corrected chi connectivity index (χ1v) is 13.3. The Hall–Kier alpha value is -3.11. The molecule has 0 bridgehead atoms. The number of hydrogen-bond acceptors (Lipinski definition) is 10. The summed E-state index contributed by atoms with van der Waals surface area (Å²) in [4.78, 5) is 64.6. The van der Waals surface area contributed by atoms with Crippen LogP contribution in [0.5, 0.6) is 0 Å². The van der Waals surface area contributed by atoms with Gasteiger partial charge in [-0.1, -0.05) is 58.3 Å². The van der Waals surface area contributed by atoms with Crippen LogP contribution in [-0.2, 0) is 43.6 Å². The second-order valence-corrected chi connectivity index (χ2v) is 10.0. The fraction of sp³-hybridized carbons (Fsp3) is 0.727. The van der Waals surface area contributed by atoms with Crippen molar-refractivity contribution in [3.05, 3.63) is 0 Å². The largest absolute Gasteiger partial charge is 0.481 e. The first kappa shape index (κ1) is 37.0. The van der Waals surface area contributed by atoms with Gasteiger partial charge >= 0.3 is 35.8 Å². The van der Waals surface area contributed by atoms with Crippen molar-refractivity contribution in [1.82, 2.24) is 0 Å². The van der Waals surface area contributed by atoms with E-state index in [1.54, 1.807) is 0 Å². The van der Waals surface area contributed by atoms with E-state index >= 15 is 0 Å². The molecule has 0 spiro atoms. The van der Waals surface area contributed by atoms with Crippen LogP contribution in [0, 0.1) is 0 Å². The summed E-state index contributed by atoms with van der Waals surface area (Å²) in [5.41, 5.74) is -2.79. The van der Waals surface area contributed by atoms with E-state index in [0.29, 0.717) is 6.42 Å². The molecule has 0 aromatic rings. The van der Waals surface area contributed by atoms with Crippen molar-refractivity contribution in [3.8, 4) is 0 Å². The summed E-state index contributed by atoms with van der Waals surface area (Å²) >= 11 is 0. The second-order valence-electron chi connectivity index (χ2n) is 8.45. The minimum atomic E-state index is -4.84. The summed E-state index contributed by atoms with van der Waals surface area (Å²) in [5.74, 6) is -9.00. The SMILES string of the molecule is CCCCCCCCCCCC(=O)OC(=O)CC(O)(CC(=O)O)C(=O)O.O=C(O)CC(C(=O)O)S(=O)(=O)O. The average molecular weight is 573 g/mol. The van der Waals surface area contributed by atoms with Crippen LogP contribution in [0.4, 0.5) is 0 Å². The maximum atomic E-state index is 11.6. The molecular formula is C22H36O15S. The smallest absolute Gasteiger partial charge is 0.336 e. The van der Waals surface area contributed by atoms with Crippen LogP contribution in [0.15, 0.2) is 0 Å². The molecule has 0 aliphatic rings. The number of ether oxygens (including phenoxy) is 1. The van der Waals surface area contributed by atoms with E-state index in [-0.39, 0.29) is 6.42 Å². The molecule has 0 amide bonds. The highest BCUT2D eigenvalue weighted by atomic mass is 32.2. The van der Waals surface area contributed by atoms with E-state index in [9.17, 15) is 42.3 Å². The molecule has 2 atom stereocenters. The molecule has 0 aliphatic heterocycles. The van der Waals surface area contributed by atoms with Gasteiger partial charge in [0.05, 0.1) is 19.3 Å². The number of aliphatic carboxylic acids is 4. The topological polar surface area (TPSA) is 267 Å². The number of hydrogen-bond donors (Lipinski definition) is 6. The zero-order valence-electron chi connectivity index (χ0n) is 21.0. The Morgan fingerprint density at radius 2 is 1.21 bits per heavy atom. The molecule has 0 saturated heterocycles. The van der Waals surface area contributed by atoms with Gasteiger partial charge in [0.15, 0.2) is 10.9 Å². The van der Waals surface area contributed by atoms with Crippen molar-refractivity contribution in [2.75, 3.05) is 0 Å². The van der Waals surface area contributed by atoms with Gasteiger partial charge < -0.3 is 30.3 Å². The molecule has 0 saturated carbocycles. The zero-order chi connectivity index (χ0) is 29.9. The standard InChI is InChI=1S/C18H30O8.C4H6O7S/c1-2-3-4-5-6-7-8-9-10-11-15(21)26-16(22)13-18(25,17(23)24)12-14(19)20;5-3(6)1-2(4(7)8)12(9,10)11/h25H,2-13H2,1H3,(H,19,20)(H,23,24);2H,1H2,(H,5,6)(H,7,8)(H,9,10,11). The Bertz CT molecular complexity index is 912. The number of aliphatic hydroxyl groups is 1. The molecule has 0 aromatic carbocycles. The number of esters is 2. The molecule has 0 aliphatic carbocycles. The molecule has 15 nitrogen and oxygen atoms in total.